The van der Waals surface area contributed by atoms with Gasteiger partial charge < -0.3 is 10.2 Å². The number of hydrogen-bond donors (Lipinski definition) is 1. The van der Waals surface area contributed by atoms with E-state index in [2.05, 4.69) is 5.32 Å². The van der Waals surface area contributed by atoms with Crippen LogP contribution in [-0.2, 0) is 14.8 Å². The summed E-state index contributed by atoms with van der Waals surface area (Å²) in [5.74, 6) is 0.124. The highest BCUT2D eigenvalue weighted by molar-refractivity contribution is 7.89. The van der Waals surface area contributed by atoms with Gasteiger partial charge in [-0.25, -0.2) is 8.42 Å². The van der Waals surface area contributed by atoms with Crippen LogP contribution in [0.25, 0.3) is 0 Å². The third-order valence-electron chi connectivity index (χ3n) is 3.86. The first-order chi connectivity index (χ1) is 8.93. The second-order valence-corrected chi connectivity index (χ2v) is 7.96. The van der Waals surface area contributed by atoms with Gasteiger partial charge in [0.1, 0.15) is 0 Å². The molecule has 0 bridgehead atoms. The third-order valence-corrected chi connectivity index (χ3v) is 6.14. The molecule has 1 amide bonds. The summed E-state index contributed by atoms with van der Waals surface area (Å²) in [5.41, 5.74) is 0. The van der Waals surface area contributed by atoms with E-state index in [9.17, 15) is 13.2 Å². The summed E-state index contributed by atoms with van der Waals surface area (Å²) < 4.78 is 25.6. The zero-order valence-electron chi connectivity index (χ0n) is 11.6. The number of sulfonamides is 1. The van der Waals surface area contributed by atoms with E-state index in [1.807, 2.05) is 0 Å². The summed E-state index contributed by atoms with van der Waals surface area (Å²) in [4.78, 5) is 14.0. The highest BCUT2D eigenvalue weighted by Gasteiger charge is 2.33. The molecule has 0 radical (unpaired) electrons. The van der Waals surface area contributed by atoms with Crippen molar-refractivity contribution in [3.8, 4) is 0 Å². The lowest BCUT2D eigenvalue weighted by molar-refractivity contribution is -0.134. The maximum Gasteiger partial charge on any atom is 0.239 e. The second-order valence-electron chi connectivity index (χ2n) is 5.47. The van der Waals surface area contributed by atoms with Crippen molar-refractivity contribution in [1.29, 1.82) is 0 Å². The summed E-state index contributed by atoms with van der Waals surface area (Å²) in [7, 11) is -3.19. The van der Waals surface area contributed by atoms with Gasteiger partial charge in [-0.1, -0.05) is 0 Å². The van der Waals surface area contributed by atoms with Gasteiger partial charge in [-0.05, 0) is 33.2 Å². The third kappa shape index (κ3) is 3.09. The van der Waals surface area contributed by atoms with Crippen molar-refractivity contribution in [3.05, 3.63) is 0 Å². The van der Waals surface area contributed by atoms with Crippen LogP contribution in [0.1, 0.15) is 26.7 Å². The summed E-state index contributed by atoms with van der Waals surface area (Å²) >= 11 is 0. The predicted molar refractivity (Wildman–Crippen MR) is 73.2 cm³/mol. The Morgan fingerprint density at radius 3 is 2.32 bits per heavy atom. The topological polar surface area (TPSA) is 69.7 Å². The van der Waals surface area contributed by atoms with Crippen LogP contribution in [0.5, 0.6) is 0 Å². The number of amides is 1. The average Bonchev–Trinajstić information content (AvgIpc) is 2.91. The van der Waals surface area contributed by atoms with E-state index in [-0.39, 0.29) is 11.9 Å². The van der Waals surface area contributed by atoms with E-state index >= 15 is 0 Å². The Morgan fingerprint density at radius 2 is 1.84 bits per heavy atom. The van der Waals surface area contributed by atoms with Crippen LogP contribution >= 0.6 is 0 Å². The second kappa shape index (κ2) is 5.76. The van der Waals surface area contributed by atoms with Crippen molar-refractivity contribution >= 4 is 15.9 Å². The average molecular weight is 289 g/mol. The monoisotopic (exact) mass is 289 g/mol. The smallest absolute Gasteiger partial charge is 0.239 e. The summed E-state index contributed by atoms with van der Waals surface area (Å²) in [6.45, 7) is 6.12. The first-order valence-electron chi connectivity index (χ1n) is 6.94. The lowest BCUT2D eigenvalue weighted by Crippen LogP contribution is -2.55. The molecule has 7 heteroatoms. The fraction of sp³-hybridized carbons (Fsp3) is 0.917. The standard InChI is InChI=1S/C12H23N3O3S/c1-10(2)19(17,18)15-8-6-14(7-9-15)12(16)11-4-3-5-13-11/h10-11,13H,3-9H2,1-2H3. The van der Waals surface area contributed by atoms with Gasteiger partial charge in [-0.15, -0.1) is 0 Å². The minimum Gasteiger partial charge on any atom is -0.339 e. The maximum atomic E-state index is 12.2. The molecule has 2 saturated heterocycles. The Hall–Kier alpha value is -0.660. The fourth-order valence-electron chi connectivity index (χ4n) is 2.58. The van der Waals surface area contributed by atoms with Crippen LogP contribution in [-0.4, -0.2) is 67.5 Å². The molecule has 19 heavy (non-hydrogen) atoms. The Morgan fingerprint density at radius 1 is 1.21 bits per heavy atom. The number of nitrogens with one attached hydrogen (secondary N) is 1. The van der Waals surface area contributed by atoms with Crippen molar-refractivity contribution in [2.45, 2.75) is 38.0 Å². The van der Waals surface area contributed by atoms with Crippen LogP contribution in [0.2, 0.25) is 0 Å². The van der Waals surface area contributed by atoms with E-state index in [4.69, 9.17) is 0 Å². The SMILES string of the molecule is CC(C)S(=O)(=O)N1CCN(C(=O)C2CCCN2)CC1. The molecule has 0 saturated carbocycles. The number of nitrogens with zero attached hydrogens (tertiary/aromatic N) is 2. The van der Waals surface area contributed by atoms with Gasteiger partial charge in [0.05, 0.1) is 11.3 Å². The lowest BCUT2D eigenvalue weighted by Gasteiger charge is -2.36. The summed E-state index contributed by atoms with van der Waals surface area (Å²) in [6, 6.07) is -0.0618. The molecule has 2 rings (SSSR count). The molecular weight excluding hydrogens is 266 g/mol. The number of rotatable bonds is 3. The highest BCUT2D eigenvalue weighted by atomic mass is 32.2. The molecule has 6 nitrogen and oxygen atoms in total. The minimum atomic E-state index is -3.19. The number of carbonyl (C=O) groups excluding carboxylic acids is 1. The molecule has 2 heterocycles. The Labute approximate surface area is 115 Å². The van der Waals surface area contributed by atoms with Gasteiger partial charge in [-0.3, -0.25) is 4.79 Å². The Bertz CT molecular complexity index is 422. The highest BCUT2D eigenvalue weighted by Crippen LogP contribution is 2.15. The molecule has 110 valence electrons. The quantitative estimate of drug-likeness (QED) is 0.769. The van der Waals surface area contributed by atoms with Crippen molar-refractivity contribution in [1.82, 2.24) is 14.5 Å². The number of carbonyl (C=O) groups is 1. The molecule has 0 aromatic carbocycles. The largest absolute Gasteiger partial charge is 0.339 e. The van der Waals surface area contributed by atoms with Crippen molar-refractivity contribution in [2.24, 2.45) is 0 Å². The number of piperazine rings is 1. The molecule has 0 aromatic rings. The molecule has 0 aromatic heterocycles. The van der Waals surface area contributed by atoms with E-state index in [1.165, 1.54) is 4.31 Å². The van der Waals surface area contributed by atoms with Crippen LogP contribution < -0.4 is 5.32 Å². The minimum absolute atomic E-state index is 0.0618. The first kappa shape index (κ1) is 14.7. The molecule has 2 aliphatic rings. The maximum absolute atomic E-state index is 12.2. The van der Waals surface area contributed by atoms with Gasteiger partial charge in [0.2, 0.25) is 15.9 Å². The van der Waals surface area contributed by atoms with E-state index in [0.29, 0.717) is 26.2 Å². The van der Waals surface area contributed by atoms with Crippen molar-refractivity contribution < 1.29 is 13.2 Å². The van der Waals surface area contributed by atoms with Gasteiger partial charge in [0.15, 0.2) is 0 Å². The molecule has 2 fully saturated rings. The van der Waals surface area contributed by atoms with Crippen molar-refractivity contribution in [3.63, 3.8) is 0 Å². The van der Waals surface area contributed by atoms with Crippen molar-refractivity contribution in [2.75, 3.05) is 32.7 Å². The van der Waals surface area contributed by atoms with E-state index in [0.717, 1.165) is 19.4 Å². The molecular formula is C12H23N3O3S. The van der Waals surface area contributed by atoms with E-state index in [1.54, 1.807) is 18.7 Å². The summed E-state index contributed by atoms with van der Waals surface area (Å²) in [5, 5.41) is 2.79. The zero-order valence-corrected chi connectivity index (χ0v) is 12.4. The molecule has 1 atom stereocenters. The van der Waals surface area contributed by atoms with Crippen LogP contribution in [0, 0.1) is 0 Å². The fourth-order valence-corrected chi connectivity index (χ4v) is 3.85. The molecule has 0 spiro atoms. The molecule has 1 unspecified atom stereocenters. The molecule has 1 N–H and O–H groups in total. The van der Waals surface area contributed by atoms with Crippen LogP contribution in [0.15, 0.2) is 0 Å². The Balaban J connectivity index is 1.90. The zero-order chi connectivity index (χ0) is 14.0. The van der Waals surface area contributed by atoms with Crippen LogP contribution in [0.3, 0.4) is 0 Å². The normalized spacial score (nSPS) is 26.1. The van der Waals surface area contributed by atoms with Crippen LogP contribution in [0.4, 0.5) is 0 Å². The Kier molecular flexibility index (Phi) is 4.47. The van der Waals surface area contributed by atoms with Gasteiger partial charge in [0.25, 0.3) is 0 Å². The predicted octanol–water partition coefficient (Wildman–Crippen LogP) is -0.379. The first-order valence-corrected chi connectivity index (χ1v) is 8.44. The van der Waals surface area contributed by atoms with Gasteiger partial charge in [0, 0.05) is 26.2 Å². The molecule has 2 aliphatic heterocycles. The number of hydrogen-bond acceptors (Lipinski definition) is 4. The van der Waals surface area contributed by atoms with Gasteiger partial charge in [-0.2, -0.15) is 4.31 Å². The lowest BCUT2D eigenvalue weighted by atomic mass is 10.2. The molecule has 0 aliphatic carbocycles. The van der Waals surface area contributed by atoms with Gasteiger partial charge >= 0.3 is 0 Å². The van der Waals surface area contributed by atoms with E-state index < -0.39 is 15.3 Å². The summed E-state index contributed by atoms with van der Waals surface area (Å²) in [6.07, 6.45) is 1.93.